The molecule has 0 saturated carbocycles. The van der Waals surface area contributed by atoms with Crippen LogP contribution < -0.4 is 4.74 Å². The molecular formula is C14H18O3. The SMILES string of the molecule is COc1ccc2c(c1C(C)CC(=O)O)CCC2. The first-order valence-electron chi connectivity index (χ1n) is 6.04. The van der Waals surface area contributed by atoms with Gasteiger partial charge in [-0.2, -0.15) is 0 Å². The Morgan fingerprint density at radius 1 is 1.47 bits per heavy atom. The van der Waals surface area contributed by atoms with E-state index in [0.717, 1.165) is 30.6 Å². The van der Waals surface area contributed by atoms with Crippen molar-refractivity contribution in [2.45, 2.75) is 38.5 Å². The van der Waals surface area contributed by atoms with Crippen LogP contribution in [0.1, 0.15) is 42.4 Å². The summed E-state index contributed by atoms with van der Waals surface area (Å²) in [6, 6.07) is 4.08. The molecular weight excluding hydrogens is 216 g/mol. The summed E-state index contributed by atoms with van der Waals surface area (Å²) in [5.41, 5.74) is 3.78. The van der Waals surface area contributed by atoms with Gasteiger partial charge in [-0.15, -0.1) is 0 Å². The molecule has 1 unspecified atom stereocenters. The third kappa shape index (κ3) is 2.28. The molecule has 1 aromatic rings. The Hall–Kier alpha value is -1.51. The minimum Gasteiger partial charge on any atom is -0.496 e. The molecule has 0 saturated heterocycles. The van der Waals surface area contributed by atoms with E-state index in [1.54, 1.807) is 7.11 Å². The quantitative estimate of drug-likeness (QED) is 0.871. The van der Waals surface area contributed by atoms with Crippen molar-refractivity contribution < 1.29 is 14.6 Å². The third-order valence-corrected chi connectivity index (χ3v) is 3.48. The van der Waals surface area contributed by atoms with E-state index in [9.17, 15) is 4.79 Å². The van der Waals surface area contributed by atoms with E-state index in [1.165, 1.54) is 11.1 Å². The monoisotopic (exact) mass is 234 g/mol. The minimum atomic E-state index is -0.754. The van der Waals surface area contributed by atoms with Crippen LogP contribution in [-0.4, -0.2) is 18.2 Å². The molecule has 1 atom stereocenters. The Morgan fingerprint density at radius 3 is 2.88 bits per heavy atom. The van der Waals surface area contributed by atoms with Crippen molar-refractivity contribution in [3.63, 3.8) is 0 Å². The number of ether oxygens (including phenoxy) is 1. The van der Waals surface area contributed by atoms with Gasteiger partial charge in [0, 0.05) is 5.56 Å². The zero-order valence-electron chi connectivity index (χ0n) is 10.3. The van der Waals surface area contributed by atoms with Gasteiger partial charge in [0.2, 0.25) is 0 Å². The van der Waals surface area contributed by atoms with Gasteiger partial charge >= 0.3 is 5.97 Å². The molecule has 0 fully saturated rings. The highest BCUT2D eigenvalue weighted by molar-refractivity contribution is 5.68. The smallest absolute Gasteiger partial charge is 0.303 e. The Labute approximate surface area is 101 Å². The molecule has 0 aliphatic heterocycles. The van der Waals surface area contributed by atoms with Gasteiger partial charge in [-0.3, -0.25) is 4.79 Å². The summed E-state index contributed by atoms with van der Waals surface area (Å²) in [4.78, 5) is 10.8. The van der Waals surface area contributed by atoms with Gasteiger partial charge in [0.25, 0.3) is 0 Å². The van der Waals surface area contributed by atoms with Gasteiger partial charge in [0.15, 0.2) is 0 Å². The van der Waals surface area contributed by atoms with E-state index < -0.39 is 5.97 Å². The second-order valence-corrected chi connectivity index (χ2v) is 4.67. The lowest BCUT2D eigenvalue weighted by Gasteiger charge is -2.18. The molecule has 3 heteroatoms. The zero-order chi connectivity index (χ0) is 12.4. The van der Waals surface area contributed by atoms with Crippen molar-refractivity contribution >= 4 is 5.97 Å². The number of carbonyl (C=O) groups is 1. The first kappa shape index (κ1) is 12.0. The van der Waals surface area contributed by atoms with Crippen molar-refractivity contribution in [1.29, 1.82) is 0 Å². The van der Waals surface area contributed by atoms with Gasteiger partial charge in [-0.1, -0.05) is 13.0 Å². The number of fused-ring (bicyclic) bond motifs is 1. The molecule has 92 valence electrons. The largest absolute Gasteiger partial charge is 0.496 e. The van der Waals surface area contributed by atoms with Crippen molar-refractivity contribution in [2.75, 3.05) is 7.11 Å². The number of rotatable bonds is 4. The van der Waals surface area contributed by atoms with E-state index >= 15 is 0 Å². The molecule has 0 heterocycles. The van der Waals surface area contributed by atoms with Crippen LogP contribution in [0.15, 0.2) is 12.1 Å². The highest BCUT2D eigenvalue weighted by Gasteiger charge is 2.23. The fourth-order valence-corrected chi connectivity index (χ4v) is 2.76. The summed E-state index contributed by atoms with van der Waals surface area (Å²) in [7, 11) is 1.65. The van der Waals surface area contributed by atoms with Gasteiger partial charge in [-0.25, -0.2) is 0 Å². The molecule has 0 amide bonds. The molecule has 17 heavy (non-hydrogen) atoms. The summed E-state index contributed by atoms with van der Waals surface area (Å²) < 4.78 is 5.38. The van der Waals surface area contributed by atoms with Crippen molar-refractivity contribution in [3.8, 4) is 5.75 Å². The van der Waals surface area contributed by atoms with Crippen LogP contribution >= 0.6 is 0 Å². The fraction of sp³-hybridized carbons (Fsp3) is 0.500. The van der Waals surface area contributed by atoms with Crippen LogP contribution in [-0.2, 0) is 17.6 Å². The van der Waals surface area contributed by atoms with Crippen LogP contribution in [0.4, 0.5) is 0 Å². The van der Waals surface area contributed by atoms with Gasteiger partial charge < -0.3 is 9.84 Å². The molecule has 2 rings (SSSR count). The maximum Gasteiger partial charge on any atom is 0.303 e. The first-order chi connectivity index (χ1) is 8.13. The van der Waals surface area contributed by atoms with E-state index in [2.05, 4.69) is 6.07 Å². The maximum absolute atomic E-state index is 10.8. The Bertz CT molecular complexity index is 437. The van der Waals surface area contributed by atoms with Crippen LogP contribution in [0.25, 0.3) is 0 Å². The number of benzene rings is 1. The topological polar surface area (TPSA) is 46.5 Å². The number of hydrogen-bond donors (Lipinski definition) is 1. The zero-order valence-corrected chi connectivity index (χ0v) is 10.3. The second-order valence-electron chi connectivity index (χ2n) is 4.67. The van der Waals surface area contributed by atoms with Crippen molar-refractivity contribution in [2.24, 2.45) is 0 Å². The first-order valence-corrected chi connectivity index (χ1v) is 6.04. The Balaban J connectivity index is 2.42. The summed E-state index contributed by atoms with van der Waals surface area (Å²) in [5, 5.41) is 8.92. The average Bonchev–Trinajstić information content (AvgIpc) is 2.74. The third-order valence-electron chi connectivity index (χ3n) is 3.48. The summed E-state index contributed by atoms with van der Waals surface area (Å²) in [5.74, 6) is 0.0880. The minimum absolute atomic E-state index is 0.00972. The van der Waals surface area contributed by atoms with E-state index in [0.29, 0.717) is 0 Å². The highest BCUT2D eigenvalue weighted by Crippen LogP contribution is 2.37. The van der Waals surface area contributed by atoms with Crippen molar-refractivity contribution in [3.05, 3.63) is 28.8 Å². The van der Waals surface area contributed by atoms with Crippen LogP contribution in [0.2, 0.25) is 0 Å². The molecule has 0 radical (unpaired) electrons. The standard InChI is InChI=1S/C14H18O3/c1-9(8-13(15)16)14-11-5-3-4-10(11)6-7-12(14)17-2/h6-7,9H,3-5,8H2,1-2H3,(H,15,16). The van der Waals surface area contributed by atoms with E-state index in [4.69, 9.17) is 9.84 Å². The highest BCUT2D eigenvalue weighted by atomic mass is 16.5. The molecule has 1 N–H and O–H groups in total. The Kier molecular flexibility index (Phi) is 3.36. The number of aryl methyl sites for hydroxylation is 1. The number of carboxylic acid groups (broad SMARTS) is 1. The number of methoxy groups -OCH3 is 1. The lowest BCUT2D eigenvalue weighted by atomic mass is 9.90. The summed E-state index contributed by atoms with van der Waals surface area (Å²) in [6.45, 7) is 1.96. The normalized spacial score (nSPS) is 15.4. The molecule has 0 spiro atoms. The summed E-state index contributed by atoms with van der Waals surface area (Å²) >= 11 is 0. The lowest BCUT2D eigenvalue weighted by Crippen LogP contribution is -2.07. The molecule has 1 aromatic carbocycles. The number of aliphatic carboxylic acids is 1. The van der Waals surface area contributed by atoms with Gasteiger partial charge in [0.05, 0.1) is 13.5 Å². The molecule has 0 aromatic heterocycles. The Morgan fingerprint density at radius 2 is 2.24 bits per heavy atom. The molecule has 3 nitrogen and oxygen atoms in total. The molecule has 1 aliphatic carbocycles. The van der Waals surface area contributed by atoms with Gasteiger partial charge in [0.1, 0.15) is 5.75 Å². The second kappa shape index (κ2) is 4.78. The number of hydrogen-bond acceptors (Lipinski definition) is 2. The van der Waals surface area contributed by atoms with Crippen molar-refractivity contribution in [1.82, 2.24) is 0 Å². The summed E-state index contributed by atoms with van der Waals surface area (Å²) in [6.07, 6.45) is 3.47. The predicted molar refractivity (Wildman–Crippen MR) is 65.7 cm³/mol. The van der Waals surface area contributed by atoms with Crippen LogP contribution in [0, 0.1) is 0 Å². The number of carboxylic acids is 1. The van der Waals surface area contributed by atoms with Crippen LogP contribution in [0.3, 0.4) is 0 Å². The fourth-order valence-electron chi connectivity index (χ4n) is 2.76. The van der Waals surface area contributed by atoms with Gasteiger partial charge in [-0.05, 0) is 42.4 Å². The lowest BCUT2D eigenvalue weighted by molar-refractivity contribution is -0.137. The van der Waals surface area contributed by atoms with Crippen LogP contribution in [0.5, 0.6) is 5.75 Å². The average molecular weight is 234 g/mol. The van der Waals surface area contributed by atoms with E-state index in [-0.39, 0.29) is 12.3 Å². The predicted octanol–water partition coefficient (Wildman–Crippen LogP) is 2.76. The van der Waals surface area contributed by atoms with E-state index in [1.807, 2.05) is 13.0 Å². The maximum atomic E-state index is 10.8. The molecule has 1 aliphatic rings. The molecule has 0 bridgehead atoms.